The monoisotopic (exact) mass is 386 g/mol. The summed E-state index contributed by atoms with van der Waals surface area (Å²) in [5, 5.41) is 4.37. The van der Waals surface area contributed by atoms with Crippen molar-refractivity contribution in [2.24, 2.45) is 0 Å². The van der Waals surface area contributed by atoms with E-state index >= 15 is 0 Å². The van der Waals surface area contributed by atoms with Gasteiger partial charge in [0.15, 0.2) is 6.61 Å². The van der Waals surface area contributed by atoms with E-state index in [1.807, 2.05) is 6.92 Å². The average Bonchev–Trinajstić information content (AvgIpc) is 2.72. The van der Waals surface area contributed by atoms with Crippen molar-refractivity contribution >= 4 is 17.9 Å². The SMILES string of the molecule is CCOc1ccc(OCC(=O)OC(C(=O)NC(=O)NC)c2ccccc2)cc1. The van der Waals surface area contributed by atoms with Gasteiger partial charge in [0.05, 0.1) is 6.61 Å². The molecular formula is C20H22N2O6. The fourth-order valence-corrected chi connectivity index (χ4v) is 2.25. The lowest BCUT2D eigenvalue weighted by Gasteiger charge is -2.17. The number of rotatable bonds is 8. The van der Waals surface area contributed by atoms with Gasteiger partial charge in [0.2, 0.25) is 6.10 Å². The van der Waals surface area contributed by atoms with E-state index < -0.39 is 30.6 Å². The number of hydrogen-bond acceptors (Lipinski definition) is 6. The minimum atomic E-state index is -1.28. The van der Waals surface area contributed by atoms with Gasteiger partial charge in [-0.15, -0.1) is 0 Å². The van der Waals surface area contributed by atoms with Crippen LogP contribution in [0.4, 0.5) is 4.79 Å². The zero-order valence-corrected chi connectivity index (χ0v) is 15.6. The predicted octanol–water partition coefficient (Wildman–Crippen LogP) is 2.20. The summed E-state index contributed by atoms with van der Waals surface area (Å²) in [5.74, 6) is -0.381. The molecule has 3 amide bonds. The van der Waals surface area contributed by atoms with Gasteiger partial charge in [0.1, 0.15) is 11.5 Å². The van der Waals surface area contributed by atoms with E-state index in [-0.39, 0.29) is 0 Å². The van der Waals surface area contributed by atoms with Gasteiger partial charge >= 0.3 is 12.0 Å². The molecule has 0 fully saturated rings. The smallest absolute Gasteiger partial charge is 0.345 e. The van der Waals surface area contributed by atoms with Crippen LogP contribution in [0.2, 0.25) is 0 Å². The second-order valence-electron chi connectivity index (χ2n) is 5.54. The number of carbonyl (C=O) groups is 3. The maximum Gasteiger partial charge on any atom is 0.345 e. The summed E-state index contributed by atoms with van der Waals surface area (Å²) in [7, 11) is 1.37. The number of esters is 1. The molecule has 8 nitrogen and oxygen atoms in total. The van der Waals surface area contributed by atoms with E-state index in [4.69, 9.17) is 14.2 Å². The summed E-state index contributed by atoms with van der Waals surface area (Å²) >= 11 is 0. The topological polar surface area (TPSA) is 103 Å². The van der Waals surface area contributed by atoms with Gasteiger partial charge in [-0.1, -0.05) is 30.3 Å². The van der Waals surface area contributed by atoms with Crippen molar-refractivity contribution < 1.29 is 28.6 Å². The molecule has 2 N–H and O–H groups in total. The largest absolute Gasteiger partial charge is 0.494 e. The van der Waals surface area contributed by atoms with Crippen molar-refractivity contribution in [3.63, 3.8) is 0 Å². The lowest BCUT2D eigenvalue weighted by Crippen LogP contribution is -2.41. The number of urea groups is 1. The van der Waals surface area contributed by atoms with Crippen molar-refractivity contribution in [1.82, 2.24) is 10.6 Å². The van der Waals surface area contributed by atoms with Gasteiger partial charge in [0.25, 0.3) is 5.91 Å². The van der Waals surface area contributed by atoms with E-state index in [0.717, 1.165) is 0 Å². The number of amides is 3. The Morgan fingerprint density at radius 2 is 1.54 bits per heavy atom. The van der Waals surface area contributed by atoms with Crippen LogP contribution in [0.25, 0.3) is 0 Å². The molecule has 0 radical (unpaired) electrons. The van der Waals surface area contributed by atoms with Crippen LogP contribution in [0, 0.1) is 0 Å². The van der Waals surface area contributed by atoms with Gasteiger partial charge in [0, 0.05) is 12.6 Å². The number of imide groups is 1. The Kier molecular flexibility index (Phi) is 7.83. The minimum Gasteiger partial charge on any atom is -0.494 e. The molecule has 1 atom stereocenters. The van der Waals surface area contributed by atoms with Crippen molar-refractivity contribution in [3.05, 3.63) is 60.2 Å². The van der Waals surface area contributed by atoms with Crippen LogP contribution in [0.15, 0.2) is 54.6 Å². The van der Waals surface area contributed by atoms with Gasteiger partial charge in [-0.3, -0.25) is 10.1 Å². The summed E-state index contributed by atoms with van der Waals surface area (Å²) in [4.78, 5) is 35.9. The fraction of sp³-hybridized carbons (Fsp3) is 0.250. The molecule has 2 rings (SSSR count). The number of benzene rings is 2. The highest BCUT2D eigenvalue weighted by Gasteiger charge is 2.26. The van der Waals surface area contributed by atoms with E-state index in [0.29, 0.717) is 23.7 Å². The van der Waals surface area contributed by atoms with Crippen LogP contribution in [0.5, 0.6) is 11.5 Å². The number of nitrogens with one attached hydrogen (secondary N) is 2. The Bertz CT molecular complexity index is 792. The molecule has 2 aromatic carbocycles. The molecule has 0 heterocycles. The highest BCUT2D eigenvalue weighted by molar-refractivity contribution is 5.97. The van der Waals surface area contributed by atoms with E-state index in [9.17, 15) is 14.4 Å². The molecule has 8 heteroatoms. The van der Waals surface area contributed by atoms with Crippen molar-refractivity contribution in [1.29, 1.82) is 0 Å². The van der Waals surface area contributed by atoms with Crippen molar-refractivity contribution in [2.45, 2.75) is 13.0 Å². The Balaban J connectivity index is 1.99. The first-order valence-electron chi connectivity index (χ1n) is 8.66. The van der Waals surface area contributed by atoms with Crippen LogP contribution in [-0.2, 0) is 14.3 Å². The fourth-order valence-electron chi connectivity index (χ4n) is 2.25. The molecule has 0 saturated heterocycles. The van der Waals surface area contributed by atoms with E-state index in [1.165, 1.54) is 7.05 Å². The van der Waals surface area contributed by atoms with Crippen LogP contribution in [-0.4, -0.2) is 38.2 Å². The summed E-state index contributed by atoms with van der Waals surface area (Å²) in [5.41, 5.74) is 0.429. The molecule has 0 aliphatic carbocycles. The second kappa shape index (κ2) is 10.6. The van der Waals surface area contributed by atoms with Gasteiger partial charge in [-0.25, -0.2) is 9.59 Å². The predicted molar refractivity (Wildman–Crippen MR) is 101 cm³/mol. The lowest BCUT2D eigenvalue weighted by atomic mass is 10.1. The van der Waals surface area contributed by atoms with Crippen LogP contribution < -0.4 is 20.1 Å². The zero-order valence-electron chi connectivity index (χ0n) is 15.6. The summed E-state index contributed by atoms with van der Waals surface area (Å²) in [6.07, 6.45) is -1.28. The van der Waals surface area contributed by atoms with Gasteiger partial charge < -0.3 is 19.5 Å². The molecule has 0 aliphatic rings. The van der Waals surface area contributed by atoms with Crippen molar-refractivity contribution in [3.8, 4) is 11.5 Å². The Morgan fingerprint density at radius 3 is 2.11 bits per heavy atom. The summed E-state index contributed by atoms with van der Waals surface area (Å²) in [6, 6.07) is 14.4. The van der Waals surface area contributed by atoms with Crippen molar-refractivity contribution in [2.75, 3.05) is 20.3 Å². The number of ether oxygens (including phenoxy) is 3. The van der Waals surface area contributed by atoms with Crippen LogP contribution in [0.1, 0.15) is 18.6 Å². The first-order chi connectivity index (χ1) is 13.5. The van der Waals surface area contributed by atoms with E-state index in [2.05, 4.69) is 10.6 Å². The first-order valence-corrected chi connectivity index (χ1v) is 8.66. The second-order valence-corrected chi connectivity index (χ2v) is 5.54. The molecule has 0 saturated carbocycles. The summed E-state index contributed by atoms with van der Waals surface area (Å²) < 4.78 is 16.0. The molecule has 28 heavy (non-hydrogen) atoms. The zero-order chi connectivity index (χ0) is 20.4. The van der Waals surface area contributed by atoms with Crippen LogP contribution in [0.3, 0.4) is 0 Å². The Labute approximate surface area is 162 Å². The summed E-state index contributed by atoms with van der Waals surface area (Å²) in [6.45, 7) is 2.03. The molecule has 0 spiro atoms. The number of carbonyl (C=O) groups excluding carboxylic acids is 3. The minimum absolute atomic E-state index is 0.398. The molecule has 2 aromatic rings. The average molecular weight is 386 g/mol. The lowest BCUT2D eigenvalue weighted by molar-refractivity contribution is -0.158. The normalized spacial score (nSPS) is 11.1. The van der Waals surface area contributed by atoms with Crippen LogP contribution >= 0.6 is 0 Å². The number of hydrogen-bond donors (Lipinski definition) is 2. The maximum absolute atomic E-state index is 12.3. The third-order valence-electron chi connectivity index (χ3n) is 3.54. The van der Waals surface area contributed by atoms with Gasteiger partial charge in [-0.05, 0) is 31.2 Å². The molecule has 0 aromatic heterocycles. The van der Waals surface area contributed by atoms with E-state index in [1.54, 1.807) is 54.6 Å². The molecular weight excluding hydrogens is 364 g/mol. The molecule has 1 unspecified atom stereocenters. The highest BCUT2D eigenvalue weighted by atomic mass is 16.6. The standard InChI is InChI=1S/C20H22N2O6/c1-3-26-15-9-11-16(12-10-15)27-13-17(23)28-18(14-7-5-4-6-8-14)19(24)22-20(25)21-2/h4-12,18H,3,13H2,1-2H3,(H2,21,22,24,25). The molecule has 148 valence electrons. The maximum atomic E-state index is 12.3. The Hall–Kier alpha value is -3.55. The quantitative estimate of drug-likeness (QED) is 0.675. The molecule has 0 bridgehead atoms. The molecule has 0 aliphatic heterocycles. The third kappa shape index (κ3) is 6.31. The highest BCUT2D eigenvalue weighted by Crippen LogP contribution is 2.20. The Morgan fingerprint density at radius 1 is 0.929 bits per heavy atom. The van der Waals surface area contributed by atoms with Gasteiger partial charge in [-0.2, -0.15) is 0 Å². The third-order valence-corrected chi connectivity index (χ3v) is 3.54. The first kappa shape index (κ1) is 20.8.